The molecule has 0 aromatic carbocycles. The molecule has 0 bridgehead atoms. The van der Waals surface area contributed by atoms with Gasteiger partial charge in [0.1, 0.15) is 183 Å². The molecule has 49 nitrogen and oxygen atoms in total. The van der Waals surface area contributed by atoms with Gasteiger partial charge >= 0.3 is 5.97 Å². The van der Waals surface area contributed by atoms with Crippen LogP contribution < -0.4 is 21.3 Å². The fourth-order valence-corrected chi connectivity index (χ4v) is 20.5. The van der Waals surface area contributed by atoms with Crippen molar-refractivity contribution in [3.05, 3.63) is 12.2 Å². The summed E-state index contributed by atoms with van der Waals surface area (Å²) < 4.78 is 98.0. The molecule has 8 saturated heterocycles. The van der Waals surface area contributed by atoms with Crippen molar-refractivity contribution in [2.24, 2.45) is 0 Å². The van der Waals surface area contributed by atoms with Crippen molar-refractivity contribution >= 4 is 29.6 Å². The Morgan fingerprint density at radius 2 is 0.707 bits per heavy atom. The van der Waals surface area contributed by atoms with Crippen LogP contribution in [0, 0.1) is 0 Å². The fourth-order valence-electron chi connectivity index (χ4n) is 20.5. The first-order valence-electron chi connectivity index (χ1n) is 54.5. The van der Waals surface area contributed by atoms with E-state index in [4.69, 9.17) is 75.8 Å². The number of allylic oxidation sites excluding steroid dienone is 1. The summed E-state index contributed by atoms with van der Waals surface area (Å²) in [6.45, 7) is -0.575. The third kappa shape index (κ3) is 38.4. The van der Waals surface area contributed by atoms with Gasteiger partial charge < -0.3 is 220 Å². The molecule has 8 aliphatic rings. The lowest BCUT2D eigenvalue weighted by molar-refractivity contribution is -0.405. The minimum absolute atomic E-state index is 0.0866. The summed E-state index contributed by atoms with van der Waals surface area (Å²) in [7, 11) is 0. The van der Waals surface area contributed by atoms with E-state index in [-0.39, 0.29) is 6.42 Å². The molecule has 8 aliphatic heterocycles. The Morgan fingerprint density at radius 3 is 1.17 bits per heavy atom. The number of unbranched alkanes of at least 4 members (excludes halogenated alkanes) is 33. The maximum atomic E-state index is 14.2. The Labute approximate surface area is 876 Å². The molecular formula is C101H180N4O45. The molecule has 150 heavy (non-hydrogen) atoms. The molecule has 0 aliphatic carbocycles. The summed E-state index contributed by atoms with van der Waals surface area (Å²) in [6.07, 6.45) is -39.0. The van der Waals surface area contributed by atoms with Gasteiger partial charge in [-0.15, -0.1) is 0 Å². The zero-order chi connectivity index (χ0) is 110. The minimum atomic E-state index is -3.52. The quantitative estimate of drug-likeness (QED) is 0.0210. The van der Waals surface area contributed by atoms with Gasteiger partial charge in [0.05, 0.1) is 83.3 Å². The molecule has 4 amide bonds. The molecule has 43 atom stereocenters. The first kappa shape index (κ1) is 131. The molecule has 874 valence electrons. The maximum Gasteiger partial charge on any atom is 0.364 e. The number of aliphatic carboxylic acids is 1. The van der Waals surface area contributed by atoms with Gasteiger partial charge in [0, 0.05) is 33.6 Å². The third-order valence-electron chi connectivity index (χ3n) is 29.3. The second-order valence-corrected chi connectivity index (χ2v) is 41.2. The predicted molar refractivity (Wildman–Crippen MR) is 523 cm³/mol. The highest BCUT2D eigenvalue weighted by Gasteiger charge is 2.64. The van der Waals surface area contributed by atoms with E-state index in [0.717, 1.165) is 85.0 Å². The molecule has 0 saturated carbocycles. The normalized spacial score (nSPS) is 37.4. The van der Waals surface area contributed by atoms with Gasteiger partial charge in [-0.1, -0.05) is 231 Å². The summed E-state index contributed by atoms with van der Waals surface area (Å²) in [5, 5.41) is 284. The molecule has 8 heterocycles. The van der Waals surface area contributed by atoms with Gasteiger partial charge in [-0.3, -0.25) is 19.2 Å². The van der Waals surface area contributed by atoms with E-state index in [1.807, 2.05) is 0 Å². The Bertz CT molecular complexity index is 3770. The lowest BCUT2D eigenvalue weighted by atomic mass is 9.88. The van der Waals surface area contributed by atoms with E-state index in [2.05, 4.69) is 35.1 Å². The zero-order valence-electron chi connectivity index (χ0n) is 87.5. The summed E-state index contributed by atoms with van der Waals surface area (Å²) in [5.74, 6) is -9.17. The number of carbonyl (C=O) groups excluding carboxylic acids is 4. The first-order chi connectivity index (χ1) is 71.8. The van der Waals surface area contributed by atoms with Gasteiger partial charge in [0.25, 0.3) is 5.79 Å². The highest BCUT2D eigenvalue weighted by atomic mass is 16.8. The largest absolute Gasteiger partial charge is 0.477 e. The van der Waals surface area contributed by atoms with Crippen LogP contribution in [0.15, 0.2) is 12.2 Å². The van der Waals surface area contributed by atoms with Crippen molar-refractivity contribution in [1.29, 1.82) is 0 Å². The average Bonchev–Trinajstić information content (AvgIpc) is 0.744. The molecule has 0 spiro atoms. The highest BCUT2D eigenvalue weighted by molar-refractivity contribution is 5.77. The van der Waals surface area contributed by atoms with Gasteiger partial charge in [0.15, 0.2) is 44.0 Å². The molecule has 49 heteroatoms. The maximum absolute atomic E-state index is 14.2. The van der Waals surface area contributed by atoms with E-state index < -0.39 is 352 Å². The third-order valence-corrected chi connectivity index (χ3v) is 29.3. The lowest BCUT2D eigenvalue weighted by Gasteiger charge is -2.53. The smallest absolute Gasteiger partial charge is 0.364 e. The molecule has 8 rings (SSSR count). The number of hydrogen-bond acceptors (Lipinski definition) is 44. The molecule has 8 fully saturated rings. The van der Waals surface area contributed by atoms with Crippen LogP contribution in [0.2, 0.25) is 0 Å². The fraction of sp³-hybridized carbons (Fsp3) is 0.931. The number of amides is 4. The predicted octanol–water partition coefficient (Wildman–Crippen LogP) is -3.28. The number of carboxylic acids is 1. The van der Waals surface area contributed by atoms with Crippen LogP contribution in [0.25, 0.3) is 0 Å². The standard InChI is InChI=1S/C101H180N4O45/c1-7-9-11-13-15-17-19-21-22-23-24-25-26-27-28-29-30-32-34-36-38-40-42-44-68(119)105-58(59(116)43-41-39-37-35-33-31-20-18-16-14-12-10-8-2)53-135-95-82(130)79(127)85(65(50-110)141-95)143-99-84(132)92(150-101(100(133)134)45-60(117)69(102-55(4)113)89(149-101)73(121)61(118)46-106)87(67(52-112)142-99)144-93-70(103-56(5)114)88(75(123)63(48-108)137-93)146-98-83(131)91(76(124)64(49-109)139-98)148-94-71(104-57(6)115)90(147-96-80(128)77(125)72(120)54(3)136-96)86(66(51-111)140-94)145-97-81(129)78(126)74(122)62(47-107)138-97/h41,43,54,58-67,69-99,106-112,116-118,120-132H,7-40,42,44-53H2,1-6H3,(H,102,113)(H,103,114)(H,104,115)(H,105,119)(H,133,134)/b43-41+/t54?,58-,59+,60?,61+,62?,63?,64?,65?,66?,67?,69+,70?,71?,72+,73+,74-,75-,76-,77?,78-,79+,80-,81?,82?,83?,84?,85+,86+,87-,88+,89?,90+,91-,92+,93-,94-,95+,96+,97-,98-,99-,101-/m0/s1. The van der Waals surface area contributed by atoms with Crippen LogP contribution in [0.1, 0.15) is 279 Å². The zero-order valence-corrected chi connectivity index (χ0v) is 87.5. The molecule has 28 N–H and O–H groups in total. The van der Waals surface area contributed by atoms with Crippen LogP contribution in [-0.2, 0) is 99.8 Å². The van der Waals surface area contributed by atoms with Gasteiger partial charge in [-0.2, -0.15) is 0 Å². The van der Waals surface area contributed by atoms with Crippen molar-refractivity contribution in [2.75, 3.05) is 52.9 Å². The van der Waals surface area contributed by atoms with E-state index in [0.29, 0.717) is 12.8 Å². The highest BCUT2D eigenvalue weighted by Crippen LogP contribution is 2.44. The van der Waals surface area contributed by atoms with Crippen LogP contribution in [0.4, 0.5) is 0 Å². The SMILES string of the molecule is CCCCCCCCCCCCC/C=C/[C@@H](O)[C@H](CO[C@@H]1OC(CO)[C@@H](O[C@@H]2OC(CO)[C@H](O[C@@H]3OC(CO)[C@H](O)[C@H](O[C@@H]4OC(CO)[C@H](O)[C@H](O[C@@H]5OC(CO)[C@@H](O[C@@H]6OC(CO)[C@H](O)[C@H](O)C6O)[C@H](O[C@H]6OC(C)[C@@H](O)C(O)[C@@H]6O)C5NC(C)=O)C4O)C3NC(C)=O)[C@H](O[C@]3(C(=O)O)CC(O)[C@@H](NC(C)=O)C([C@H](O)[C@H](O)CO)O3)C2O)[C@H](O)C1O)NC(=O)CCCCCCCCCCCCCCCCCCCCCCCCC. The van der Waals surface area contributed by atoms with E-state index >= 15 is 0 Å². The Morgan fingerprint density at radius 1 is 0.360 bits per heavy atom. The lowest BCUT2D eigenvalue weighted by Crippen LogP contribution is -2.72. The van der Waals surface area contributed by atoms with E-state index in [1.54, 1.807) is 6.08 Å². The number of aliphatic hydroxyl groups excluding tert-OH is 23. The molecule has 0 radical (unpaired) electrons. The van der Waals surface area contributed by atoms with Crippen molar-refractivity contribution < 1.29 is 222 Å². The summed E-state index contributed by atoms with van der Waals surface area (Å²) in [6, 6.07) is -7.23. The van der Waals surface area contributed by atoms with E-state index in [1.165, 1.54) is 161 Å². The van der Waals surface area contributed by atoms with Gasteiger partial charge in [0.2, 0.25) is 23.6 Å². The van der Waals surface area contributed by atoms with Crippen LogP contribution in [0.3, 0.4) is 0 Å². The summed E-state index contributed by atoms with van der Waals surface area (Å²) in [5.41, 5.74) is 0. The van der Waals surface area contributed by atoms with Crippen molar-refractivity contribution in [1.82, 2.24) is 21.3 Å². The number of rotatable bonds is 69. The Balaban J connectivity index is 1.03. The monoisotopic (exact) mass is 2170 g/mol. The van der Waals surface area contributed by atoms with Crippen molar-refractivity contribution in [3.8, 4) is 0 Å². The molecule has 0 aromatic rings. The number of nitrogens with one attached hydrogen (secondary N) is 4. The topological polar surface area (TPSA) is 767 Å². The van der Waals surface area contributed by atoms with Crippen molar-refractivity contribution in [2.45, 2.75) is 542 Å². The number of hydrogen-bond donors (Lipinski definition) is 28. The van der Waals surface area contributed by atoms with Crippen LogP contribution >= 0.6 is 0 Å². The number of carbonyl (C=O) groups is 5. The molecule has 16 unspecified atom stereocenters. The van der Waals surface area contributed by atoms with Gasteiger partial charge in [-0.25, -0.2) is 4.79 Å². The number of ether oxygens (including phenoxy) is 16. The average molecular weight is 2170 g/mol. The molecule has 0 aromatic heterocycles. The summed E-state index contributed by atoms with van der Waals surface area (Å²) in [4.78, 5) is 68.0. The van der Waals surface area contributed by atoms with Crippen LogP contribution in [-0.4, -0.2) is 468 Å². The number of aliphatic hydroxyl groups is 23. The first-order valence-corrected chi connectivity index (χ1v) is 54.5. The number of carboxylic acid groups (broad SMARTS) is 1. The minimum Gasteiger partial charge on any atom is -0.477 e. The Hall–Kier alpha value is -4.47. The second-order valence-electron chi connectivity index (χ2n) is 41.2. The molecular weight excluding hydrogens is 1990 g/mol. The van der Waals surface area contributed by atoms with E-state index in [9.17, 15) is 147 Å². The van der Waals surface area contributed by atoms with Crippen molar-refractivity contribution in [3.63, 3.8) is 0 Å². The Kier molecular flexibility index (Phi) is 59.1. The second kappa shape index (κ2) is 67.8. The van der Waals surface area contributed by atoms with Gasteiger partial charge in [-0.05, 0) is 26.2 Å². The summed E-state index contributed by atoms with van der Waals surface area (Å²) >= 11 is 0. The van der Waals surface area contributed by atoms with Crippen LogP contribution in [0.5, 0.6) is 0 Å².